The first-order chi connectivity index (χ1) is 17.8. The molecular formula is C30H31N3O3S. The van der Waals surface area contributed by atoms with Crippen molar-refractivity contribution in [2.45, 2.75) is 39.7 Å². The number of carbonyl (C=O) groups is 1. The Hall–Kier alpha value is -3.73. The van der Waals surface area contributed by atoms with Crippen LogP contribution in [-0.4, -0.2) is 23.9 Å². The molecule has 190 valence electrons. The summed E-state index contributed by atoms with van der Waals surface area (Å²) in [5, 5.41) is 9.86. The van der Waals surface area contributed by atoms with E-state index in [0.29, 0.717) is 58.7 Å². The number of thiophene rings is 1. The number of benzene rings is 2. The fraction of sp³-hybridized carbons (Fsp3) is 0.300. The molecule has 2 aromatic heterocycles. The number of nitriles is 1. The van der Waals surface area contributed by atoms with Crippen LogP contribution in [0.3, 0.4) is 0 Å². The third kappa shape index (κ3) is 5.66. The molecule has 0 saturated heterocycles. The van der Waals surface area contributed by atoms with E-state index in [2.05, 4.69) is 6.07 Å². The highest BCUT2D eigenvalue weighted by molar-refractivity contribution is 7.13. The molecule has 0 spiro atoms. The van der Waals surface area contributed by atoms with E-state index >= 15 is 0 Å². The number of nitrogens with zero attached hydrogens (tertiary/aromatic N) is 2. The van der Waals surface area contributed by atoms with Crippen LogP contribution in [0.25, 0.3) is 11.0 Å². The first-order valence-corrected chi connectivity index (χ1v) is 13.3. The number of hydrogen-bond acceptors (Lipinski definition) is 6. The summed E-state index contributed by atoms with van der Waals surface area (Å²) in [6, 6.07) is 20.0. The van der Waals surface area contributed by atoms with Crippen LogP contribution >= 0.6 is 11.3 Å². The van der Waals surface area contributed by atoms with Gasteiger partial charge in [0.15, 0.2) is 5.43 Å². The van der Waals surface area contributed by atoms with Crippen LogP contribution in [0, 0.1) is 24.2 Å². The summed E-state index contributed by atoms with van der Waals surface area (Å²) < 4.78 is 6.49. The largest absolute Gasteiger partial charge is 0.458 e. The van der Waals surface area contributed by atoms with E-state index in [0.717, 1.165) is 10.4 Å². The lowest BCUT2D eigenvalue weighted by Crippen LogP contribution is -2.39. The average molecular weight is 514 g/mol. The fourth-order valence-corrected chi connectivity index (χ4v) is 5.47. The van der Waals surface area contributed by atoms with Crippen LogP contribution in [0.4, 0.5) is 0 Å². The predicted molar refractivity (Wildman–Crippen MR) is 148 cm³/mol. The molecule has 2 N–H and O–H groups in total. The molecular weight excluding hydrogens is 482 g/mol. The SMILES string of the molecule is Cc1ccc(C(=O)N(CCCN)C(c2oc3cc(C#N)ccc3c(=O)c2Cc2ccccc2)C(C)C)s1. The van der Waals surface area contributed by atoms with Gasteiger partial charge in [-0.3, -0.25) is 9.59 Å². The van der Waals surface area contributed by atoms with Gasteiger partial charge in [0.25, 0.3) is 5.91 Å². The van der Waals surface area contributed by atoms with Gasteiger partial charge in [-0.05, 0) is 61.7 Å². The summed E-state index contributed by atoms with van der Waals surface area (Å²) in [4.78, 5) is 31.2. The minimum Gasteiger partial charge on any atom is -0.458 e. The summed E-state index contributed by atoms with van der Waals surface area (Å²) in [6.07, 6.45) is 0.985. The Kier molecular flexibility index (Phi) is 8.22. The lowest BCUT2D eigenvalue weighted by molar-refractivity contribution is 0.0592. The zero-order valence-corrected chi connectivity index (χ0v) is 22.2. The van der Waals surface area contributed by atoms with Crippen LogP contribution < -0.4 is 11.2 Å². The van der Waals surface area contributed by atoms with E-state index in [1.165, 1.54) is 11.3 Å². The van der Waals surface area contributed by atoms with E-state index < -0.39 is 6.04 Å². The molecule has 0 radical (unpaired) electrons. The first kappa shape index (κ1) is 26.3. The van der Waals surface area contributed by atoms with Gasteiger partial charge in [0.1, 0.15) is 11.3 Å². The zero-order chi connectivity index (χ0) is 26.5. The fourth-order valence-electron chi connectivity index (χ4n) is 4.65. The summed E-state index contributed by atoms with van der Waals surface area (Å²) in [6.45, 7) is 6.88. The van der Waals surface area contributed by atoms with Crippen molar-refractivity contribution in [3.05, 3.63) is 103 Å². The number of aryl methyl sites for hydroxylation is 1. The number of carbonyl (C=O) groups excluding carboxylic acids is 1. The maximum Gasteiger partial charge on any atom is 0.264 e. The van der Waals surface area contributed by atoms with Gasteiger partial charge in [0.2, 0.25) is 0 Å². The van der Waals surface area contributed by atoms with Crippen molar-refractivity contribution in [3.8, 4) is 6.07 Å². The van der Waals surface area contributed by atoms with Gasteiger partial charge in [-0.15, -0.1) is 11.3 Å². The molecule has 4 aromatic rings. The molecule has 1 atom stereocenters. The second-order valence-corrected chi connectivity index (χ2v) is 10.8. The molecule has 7 heteroatoms. The Labute approximate surface area is 221 Å². The molecule has 0 bridgehead atoms. The van der Waals surface area contributed by atoms with Gasteiger partial charge < -0.3 is 15.1 Å². The molecule has 4 rings (SSSR count). The van der Waals surface area contributed by atoms with Crippen LogP contribution in [0.15, 0.2) is 69.9 Å². The monoisotopic (exact) mass is 513 g/mol. The summed E-state index contributed by atoms with van der Waals surface area (Å²) in [5.74, 6) is 0.298. The molecule has 0 aliphatic carbocycles. The molecule has 0 aliphatic rings. The zero-order valence-electron chi connectivity index (χ0n) is 21.4. The van der Waals surface area contributed by atoms with E-state index in [1.807, 2.05) is 63.2 Å². The lowest BCUT2D eigenvalue weighted by Gasteiger charge is -2.34. The standard InChI is InChI=1S/C30H31N3O3S/c1-19(2)27(33(15-7-14-31)30(35)26-13-10-20(3)37-26)29-24(16-21-8-5-4-6-9-21)28(34)23-12-11-22(18-32)17-25(23)36-29/h4-6,8-13,17,19,27H,7,14-16,31H2,1-3H3. The highest BCUT2D eigenvalue weighted by Crippen LogP contribution is 2.35. The van der Waals surface area contributed by atoms with Crippen molar-refractivity contribution in [2.24, 2.45) is 11.7 Å². The summed E-state index contributed by atoms with van der Waals surface area (Å²) >= 11 is 1.45. The van der Waals surface area contributed by atoms with Crippen molar-refractivity contribution >= 4 is 28.2 Å². The number of nitrogens with two attached hydrogens (primary N) is 1. The van der Waals surface area contributed by atoms with Crippen LogP contribution in [0.1, 0.15) is 63.3 Å². The second-order valence-electron chi connectivity index (χ2n) is 9.50. The van der Waals surface area contributed by atoms with Gasteiger partial charge in [0.05, 0.1) is 27.9 Å². The third-order valence-corrected chi connectivity index (χ3v) is 7.41. The smallest absolute Gasteiger partial charge is 0.264 e. The molecule has 6 nitrogen and oxygen atoms in total. The van der Waals surface area contributed by atoms with Gasteiger partial charge in [0, 0.05) is 23.4 Å². The van der Waals surface area contributed by atoms with Crippen LogP contribution in [0.2, 0.25) is 0 Å². The Morgan fingerprint density at radius 2 is 1.89 bits per heavy atom. The number of amides is 1. The minimum absolute atomic E-state index is 0.0583. The summed E-state index contributed by atoms with van der Waals surface area (Å²) in [7, 11) is 0. The van der Waals surface area contributed by atoms with Crippen molar-refractivity contribution in [1.82, 2.24) is 4.90 Å². The molecule has 37 heavy (non-hydrogen) atoms. The van der Waals surface area contributed by atoms with Gasteiger partial charge >= 0.3 is 0 Å². The third-order valence-electron chi connectivity index (χ3n) is 6.42. The Morgan fingerprint density at radius 3 is 2.51 bits per heavy atom. The topological polar surface area (TPSA) is 100 Å². The molecule has 1 amide bonds. The second kappa shape index (κ2) is 11.5. The lowest BCUT2D eigenvalue weighted by atomic mass is 9.92. The predicted octanol–water partition coefficient (Wildman–Crippen LogP) is 5.81. The number of fused-ring (bicyclic) bond motifs is 1. The molecule has 1 unspecified atom stereocenters. The quantitative estimate of drug-likeness (QED) is 0.304. The normalized spacial score (nSPS) is 12.0. The van der Waals surface area contributed by atoms with E-state index in [1.54, 1.807) is 23.1 Å². The van der Waals surface area contributed by atoms with E-state index in [-0.39, 0.29) is 17.3 Å². The van der Waals surface area contributed by atoms with Crippen LogP contribution in [-0.2, 0) is 6.42 Å². The maximum absolute atomic E-state index is 13.9. The molecule has 0 aliphatic heterocycles. The van der Waals surface area contributed by atoms with Crippen molar-refractivity contribution < 1.29 is 9.21 Å². The highest BCUT2D eigenvalue weighted by Gasteiger charge is 2.34. The van der Waals surface area contributed by atoms with Crippen LogP contribution in [0.5, 0.6) is 0 Å². The highest BCUT2D eigenvalue weighted by atomic mass is 32.1. The maximum atomic E-state index is 13.9. The van der Waals surface area contributed by atoms with Crippen molar-refractivity contribution in [1.29, 1.82) is 5.26 Å². The Bertz CT molecular complexity index is 1500. The average Bonchev–Trinajstić information content (AvgIpc) is 3.34. The first-order valence-electron chi connectivity index (χ1n) is 12.4. The summed E-state index contributed by atoms with van der Waals surface area (Å²) in [5.41, 5.74) is 7.96. The number of rotatable bonds is 9. The molecule has 2 aromatic carbocycles. The minimum atomic E-state index is -0.497. The van der Waals surface area contributed by atoms with E-state index in [4.69, 9.17) is 10.2 Å². The van der Waals surface area contributed by atoms with E-state index in [9.17, 15) is 14.9 Å². The van der Waals surface area contributed by atoms with Gasteiger partial charge in [-0.1, -0.05) is 44.2 Å². The molecule has 0 fully saturated rings. The van der Waals surface area contributed by atoms with Gasteiger partial charge in [-0.2, -0.15) is 5.26 Å². The molecule has 0 saturated carbocycles. The Balaban J connectivity index is 1.95. The van der Waals surface area contributed by atoms with Crippen molar-refractivity contribution in [2.75, 3.05) is 13.1 Å². The van der Waals surface area contributed by atoms with Crippen molar-refractivity contribution in [3.63, 3.8) is 0 Å². The number of hydrogen-bond donors (Lipinski definition) is 1. The molecule has 2 heterocycles. The Morgan fingerprint density at radius 1 is 1.14 bits per heavy atom. The van der Waals surface area contributed by atoms with Gasteiger partial charge in [-0.25, -0.2) is 0 Å².